The van der Waals surface area contributed by atoms with Gasteiger partial charge in [-0.1, -0.05) is 20.8 Å². The van der Waals surface area contributed by atoms with Gasteiger partial charge in [0.25, 0.3) is 0 Å². The topological polar surface area (TPSA) is 20.2 Å². The van der Waals surface area contributed by atoms with Gasteiger partial charge in [-0.2, -0.15) is 0 Å². The van der Waals surface area contributed by atoms with Gasteiger partial charge in [0.15, 0.2) is 0 Å². The van der Waals surface area contributed by atoms with Crippen LogP contribution in [-0.2, 0) is 6.42 Å². The summed E-state index contributed by atoms with van der Waals surface area (Å²) in [6.45, 7) is 6.18. The van der Waals surface area contributed by atoms with Gasteiger partial charge < -0.3 is 5.11 Å². The first-order valence-electron chi connectivity index (χ1n) is 6.38. The predicted octanol–water partition coefficient (Wildman–Crippen LogP) is 3.69. The standard InChI is InChI=1S/C15H20F2O/c1-10-7-14(2,3)9-15(10,18)8-11-6-12(16)4-5-13(11)17/h4-6,10,18H,7-9H2,1-3H3. The Labute approximate surface area is 107 Å². The van der Waals surface area contributed by atoms with Crippen molar-refractivity contribution in [3.63, 3.8) is 0 Å². The lowest BCUT2D eigenvalue weighted by Crippen LogP contribution is -2.35. The molecule has 0 aliphatic heterocycles. The Morgan fingerprint density at radius 3 is 2.56 bits per heavy atom. The van der Waals surface area contributed by atoms with E-state index in [1.54, 1.807) is 0 Å². The third-order valence-corrected chi connectivity index (χ3v) is 4.07. The maximum atomic E-state index is 13.6. The molecule has 2 rings (SSSR count). The Balaban J connectivity index is 2.25. The van der Waals surface area contributed by atoms with Gasteiger partial charge in [0.2, 0.25) is 0 Å². The number of hydrogen-bond donors (Lipinski definition) is 1. The average Bonchev–Trinajstić information content (AvgIpc) is 2.41. The molecule has 1 fully saturated rings. The fraction of sp³-hybridized carbons (Fsp3) is 0.600. The van der Waals surface area contributed by atoms with Crippen molar-refractivity contribution in [3.05, 3.63) is 35.4 Å². The highest BCUT2D eigenvalue weighted by Crippen LogP contribution is 2.48. The maximum Gasteiger partial charge on any atom is 0.126 e. The first-order chi connectivity index (χ1) is 8.22. The summed E-state index contributed by atoms with van der Waals surface area (Å²) in [4.78, 5) is 0. The number of aliphatic hydroxyl groups is 1. The zero-order chi connectivity index (χ0) is 13.6. The van der Waals surface area contributed by atoms with Crippen LogP contribution in [0.5, 0.6) is 0 Å². The van der Waals surface area contributed by atoms with Crippen LogP contribution in [0.25, 0.3) is 0 Å². The van der Waals surface area contributed by atoms with E-state index in [0.29, 0.717) is 6.42 Å². The molecule has 2 atom stereocenters. The molecule has 1 aliphatic rings. The molecule has 2 unspecified atom stereocenters. The molecule has 1 aromatic carbocycles. The Morgan fingerprint density at radius 1 is 1.33 bits per heavy atom. The summed E-state index contributed by atoms with van der Waals surface area (Å²) in [7, 11) is 0. The minimum Gasteiger partial charge on any atom is -0.389 e. The number of rotatable bonds is 2. The van der Waals surface area contributed by atoms with E-state index in [4.69, 9.17) is 0 Å². The van der Waals surface area contributed by atoms with Crippen molar-refractivity contribution in [2.45, 2.75) is 45.6 Å². The van der Waals surface area contributed by atoms with E-state index in [2.05, 4.69) is 13.8 Å². The van der Waals surface area contributed by atoms with Crippen LogP contribution >= 0.6 is 0 Å². The van der Waals surface area contributed by atoms with E-state index in [-0.39, 0.29) is 23.3 Å². The van der Waals surface area contributed by atoms with Crippen LogP contribution < -0.4 is 0 Å². The summed E-state index contributed by atoms with van der Waals surface area (Å²) >= 11 is 0. The molecule has 0 bridgehead atoms. The second kappa shape index (κ2) is 4.30. The van der Waals surface area contributed by atoms with E-state index >= 15 is 0 Å². The SMILES string of the molecule is CC1CC(C)(C)CC1(O)Cc1cc(F)ccc1F. The molecular weight excluding hydrogens is 234 g/mol. The van der Waals surface area contributed by atoms with Gasteiger partial charge in [0.05, 0.1) is 5.60 Å². The molecule has 100 valence electrons. The molecule has 1 N–H and O–H groups in total. The van der Waals surface area contributed by atoms with Crippen LogP contribution in [0.1, 0.15) is 39.2 Å². The Kier molecular flexibility index (Phi) is 3.22. The van der Waals surface area contributed by atoms with Gasteiger partial charge in [-0.25, -0.2) is 8.78 Å². The Hall–Kier alpha value is -0.960. The quantitative estimate of drug-likeness (QED) is 0.853. The molecule has 0 amide bonds. The van der Waals surface area contributed by atoms with E-state index < -0.39 is 17.2 Å². The minimum atomic E-state index is -0.932. The maximum absolute atomic E-state index is 13.6. The largest absolute Gasteiger partial charge is 0.389 e. The first-order valence-corrected chi connectivity index (χ1v) is 6.38. The highest BCUT2D eigenvalue weighted by molar-refractivity contribution is 5.22. The van der Waals surface area contributed by atoms with Crippen LogP contribution in [-0.4, -0.2) is 10.7 Å². The second-order valence-electron chi connectivity index (χ2n) is 6.46. The molecular formula is C15H20F2O. The van der Waals surface area contributed by atoms with Gasteiger partial charge in [0.1, 0.15) is 11.6 Å². The van der Waals surface area contributed by atoms with Gasteiger partial charge in [-0.15, -0.1) is 0 Å². The van der Waals surface area contributed by atoms with Gasteiger partial charge >= 0.3 is 0 Å². The molecule has 0 saturated heterocycles. The third kappa shape index (κ3) is 2.56. The van der Waals surface area contributed by atoms with E-state index in [1.807, 2.05) is 6.92 Å². The minimum absolute atomic E-state index is 0.0535. The number of benzene rings is 1. The lowest BCUT2D eigenvalue weighted by atomic mass is 9.84. The molecule has 0 radical (unpaired) electrons. The van der Waals surface area contributed by atoms with Gasteiger partial charge in [0, 0.05) is 6.42 Å². The van der Waals surface area contributed by atoms with Gasteiger partial charge in [-0.05, 0) is 47.9 Å². The van der Waals surface area contributed by atoms with Gasteiger partial charge in [-0.3, -0.25) is 0 Å². The summed E-state index contributed by atoms with van der Waals surface area (Å²) in [5, 5.41) is 10.7. The monoisotopic (exact) mass is 254 g/mol. The Morgan fingerprint density at radius 2 is 2.00 bits per heavy atom. The van der Waals surface area contributed by atoms with Crippen LogP contribution in [0.3, 0.4) is 0 Å². The van der Waals surface area contributed by atoms with E-state index in [0.717, 1.165) is 18.6 Å². The molecule has 0 spiro atoms. The summed E-state index contributed by atoms with van der Waals surface area (Å²) in [5.74, 6) is -0.809. The van der Waals surface area contributed by atoms with Crippen LogP contribution in [0, 0.1) is 23.0 Å². The summed E-state index contributed by atoms with van der Waals surface area (Å²) in [6.07, 6.45) is 1.71. The smallest absolute Gasteiger partial charge is 0.126 e. The highest BCUT2D eigenvalue weighted by atomic mass is 19.1. The van der Waals surface area contributed by atoms with Crippen LogP contribution in [0.2, 0.25) is 0 Å². The molecule has 1 aromatic rings. The Bertz CT molecular complexity index is 456. The fourth-order valence-electron chi connectivity index (χ4n) is 3.34. The first kappa shape index (κ1) is 13.5. The number of hydrogen-bond acceptors (Lipinski definition) is 1. The summed E-state index contributed by atoms with van der Waals surface area (Å²) < 4.78 is 26.8. The van der Waals surface area contributed by atoms with Crippen molar-refractivity contribution < 1.29 is 13.9 Å². The zero-order valence-electron chi connectivity index (χ0n) is 11.1. The van der Waals surface area contributed by atoms with Crippen molar-refractivity contribution in [1.29, 1.82) is 0 Å². The van der Waals surface area contributed by atoms with Crippen LogP contribution in [0.15, 0.2) is 18.2 Å². The lowest BCUT2D eigenvalue weighted by Gasteiger charge is -2.28. The normalized spacial score (nSPS) is 30.7. The van der Waals surface area contributed by atoms with E-state index in [9.17, 15) is 13.9 Å². The van der Waals surface area contributed by atoms with Crippen molar-refractivity contribution in [2.24, 2.45) is 11.3 Å². The van der Waals surface area contributed by atoms with E-state index in [1.165, 1.54) is 6.07 Å². The molecule has 3 heteroatoms. The van der Waals surface area contributed by atoms with Crippen molar-refractivity contribution >= 4 is 0 Å². The third-order valence-electron chi connectivity index (χ3n) is 4.07. The highest BCUT2D eigenvalue weighted by Gasteiger charge is 2.47. The van der Waals surface area contributed by atoms with Crippen molar-refractivity contribution in [2.75, 3.05) is 0 Å². The molecule has 0 heterocycles. The number of halogens is 2. The average molecular weight is 254 g/mol. The summed E-state index contributed by atoms with van der Waals surface area (Å²) in [5.41, 5.74) is -0.613. The van der Waals surface area contributed by atoms with Crippen molar-refractivity contribution in [3.8, 4) is 0 Å². The molecule has 0 aromatic heterocycles. The fourth-order valence-corrected chi connectivity index (χ4v) is 3.34. The molecule has 1 saturated carbocycles. The zero-order valence-corrected chi connectivity index (χ0v) is 11.1. The predicted molar refractivity (Wildman–Crippen MR) is 67.2 cm³/mol. The second-order valence-corrected chi connectivity index (χ2v) is 6.46. The van der Waals surface area contributed by atoms with Crippen LogP contribution in [0.4, 0.5) is 8.78 Å². The molecule has 1 aliphatic carbocycles. The molecule has 18 heavy (non-hydrogen) atoms. The molecule has 1 nitrogen and oxygen atoms in total. The summed E-state index contributed by atoms with van der Waals surface area (Å²) in [6, 6.07) is 3.41. The lowest BCUT2D eigenvalue weighted by molar-refractivity contribution is 0.00369. The van der Waals surface area contributed by atoms with Crippen molar-refractivity contribution in [1.82, 2.24) is 0 Å².